The van der Waals surface area contributed by atoms with Crippen LogP contribution in [0.1, 0.15) is 5.69 Å². The summed E-state index contributed by atoms with van der Waals surface area (Å²) in [4.78, 5) is 9.01. The number of nitrogens with zero attached hydrogens (tertiary/aromatic N) is 3. The zero-order valence-corrected chi connectivity index (χ0v) is 13.9. The summed E-state index contributed by atoms with van der Waals surface area (Å²) >= 11 is 0. The van der Waals surface area contributed by atoms with E-state index in [1.54, 1.807) is 13.3 Å². The minimum atomic E-state index is 0.725. The van der Waals surface area contributed by atoms with Gasteiger partial charge < -0.3 is 10.1 Å². The van der Waals surface area contributed by atoms with E-state index in [9.17, 15) is 0 Å². The van der Waals surface area contributed by atoms with Crippen LogP contribution in [0.25, 0.3) is 22.0 Å². The van der Waals surface area contributed by atoms with E-state index in [-0.39, 0.29) is 0 Å². The quantitative estimate of drug-likeness (QED) is 0.589. The highest BCUT2D eigenvalue weighted by molar-refractivity contribution is 5.97. The number of pyridine rings is 2. The lowest BCUT2D eigenvalue weighted by atomic mass is 10.0. The zero-order chi connectivity index (χ0) is 17.2. The molecule has 0 spiro atoms. The van der Waals surface area contributed by atoms with E-state index >= 15 is 0 Å². The lowest BCUT2D eigenvalue weighted by Gasteiger charge is -2.11. The normalized spacial score (nSPS) is 10.8. The summed E-state index contributed by atoms with van der Waals surface area (Å²) in [6.45, 7) is 1.96. The van der Waals surface area contributed by atoms with Gasteiger partial charge in [-0.1, -0.05) is 6.07 Å². The lowest BCUT2D eigenvalue weighted by Crippen LogP contribution is -1.97. The van der Waals surface area contributed by atoms with E-state index in [1.807, 2.05) is 55.6 Å². The Labute approximate surface area is 144 Å². The average Bonchev–Trinajstić information content (AvgIpc) is 3.06. The number of anilines is 2. The molecule has 0 bridgehead atoms. The van der Waals surface area contributed by atoms with Crippen LogP contribution < -0.4 is 10.1 Å². The highest BCUT2D eigenvalue weighted by atomic mass is 16.5. The third kappa shape index (κ3) is 3.01. The zero-order valence-electron chi connectivity index (χ0n) is 13.9. The number of rotatable bonds is 4. The molecule has 25 heavy (non-hydrogen) atoms. The van der Waals surface area contributed by atoms with Gasteiger partial charge in [0.15, 0.2) is 5.82 Å². The van der Waals surface area contributed by atoms with E-state index in [4.69, 9.17) is 9.72 Å². The Morgan fingerprint density at radius 3 is 2.72 bits per heavy atom. The first-order chi connectivity index (χ1) is 12.2. The largest absolute Gasteiger partial charge is 0.497 e. The number of methoxy groups -OCH3 is 1. The van der Waals surface area contributed by atoms with Crippen LogP contribution in [-0.4, -0.2) is 27.3 Å². The van der Waals surface area contributed by atoms with Gasteiger partial charge in [0, 0.05) is 35.1 Å². The number of ether oxygens (including phenoxy) is 1. The molecule has 0 radical (unpaired) electrons. The first kappa shape index (κ1) is 15.1. The van der Waals surface area contributed by atoms with Crippen molar-refractivity contribution in [3.63, 3.8) is 0 Å². The molecule has 0 saturated heterocycles. The maximum absolute atomic E-state index is 5.37. The Morgan fingerprint density at radius 1 is 1.08 bits per heavy atom. The van der Waals surface area contributed by atoms with Crippen LogP contribution in [0, 0.1) is 6.92 Å². The number of hydrogen-bond acceptors (Lipinski definition) is 5. The van der Waals surface area contributed by atoms with Crippen molar-refractivity contribution in [2.45, 2.75) is 6.92 Å². The first-order valence-corrected chi connectivity index (χ1v) is 7.91. The molecule has 1 aromatic carbocycles. The first-order valence-electron chi connectivity index (χ1n) is 7.91. The van der Waals surface area contributed by atoms with Crippen LogP contribution in [0.15, 0.2) is 54.9 Å². The minimum Gasteiger partial charge on any atom is -0.497 e. The van der Waals surface area contributed by atoms with Gasteiger partial charge in [0.25, 0.3) is 0 Å². The van der Waals surface area contributed by atoms with Crippen molar-refractivity contribution in [1.82, 2.24) is 20.2 Å². The van der Waals surface area contributed by atoms with E-state index in [0.29, 0.717) is 0 Å². The highest BCUT2D eigenvalue weighted by Crippen LogP contribution is 2.32. The molecule has 124 valence electrons. The molecule has 0 aliphatic rings. The predicted molar refractivity (Wildman–Crippen MR) is 98.1 cm³/mol. The van der Waals surface area contributed by atoms with Crippen molar-refractivity contribution in [1.29, 1.82) is 0 Å². The maximum Gasteiger partial charge on any atom is 0.153 e. The third-order valence-corrected chi connectivity index (χ3v) is 3.94. The van der Waals surface area contributed by atoms with Crippen LogP contribution in [0.3, 0.4) is 0 Å². The summed E-state index contributed by atoms with van der Waals surface area (Å²) in [5.41, 5.74) is 2.78. The second kappa shape index (κ2) is 6.24. The molecule has 4 rings (SSSR count). The molecule has 0 aliphatic heterocycles. The molecule has 4 aromatic rings. The monoisotopic (exact) mass is 331 g/mol. The van der Waals surface area contributed by atoms with Crippen LogP contribution in [-0.2, 0) is 0 Å². The van der Waals surface area contributed by atoms with Gasteiger partial charge >= 0.3 is 0 Å². The molecule has 0 fully saturated rings. The summed E-state index contributed by atoms with van der Waals surface area (Å²) in [5.74, 6) is 2.25. The third-order valence-electron chi connectivity index (χ3n) is 3.94. The van der Waals surface area contributed by atoms with Crippen molar-refractivity contribution >= 4 is 22.4 Å². The highest BCUT2D eigenvalue weighted by Gasteiger charge is 2.11. The molecule has 0 unspecified atom stereocenters. The van der Waals surface area contributed by atoms with E-state index in [2.05, 4.69) is 20.5 Å². The van der Waals surface area contributed by atoms with E-state index in [0.717, 1.165) is 45.1 Å². The Morgan fingerprint density at radius 2 is 2.00 bits per heavy atom. The van der Waals surface area contributed by atoms with Crippen LogP contribution in [0.5, 0.6) is 5.75 Å². The topological polar surface area (TPSA) is 75.7 Å². The van der Waals surface area contributed by atoms with Crippen molar-refractivity contribution in [3.8, 4) is 17.0 Å². The molecule has 3 aromatic heterocycles. The standard InChI is InChI=1S/C19H17N5O/c1-12-8-18(24-23-12)21-17-9-13-5-6-15(25-2)10-16(13)19(22-17)14-4-3-7-20-11-14/h3-11H,1-2H3,(H2,21,22,23,24). The summed E-state index contributed by atoms with van der Waals surface area (Å²) in [6.07, 6.45) is 3.56. The van der Waals surface area contributed by atoms with Gasteiger partial charge in [0.05, 0.1) is 12.8 Å². The molecule has 0 atom stereocenters. The SMILES string of the molecule is COc1ccc2cc(Nc3cc(C)[nH]n3)nc(-c3cccnc3)c2c1. The summed E-state index contributed by atoms with van der Waals surface area (Å²) < 4.78 is 5.37. The number of hydrogen-bond donors (Lipinski definition) is 2. The van der Waals surface area contributed by atoms with Crippen molar-refractivity contribution < 1.29 is 4.74 Å². The van der Waals surface area contributed by atoms with E-state index < -0.39 is 0 Å². The molecule has 0 saturated carbocycles. The minimum absolute atomic E-state index is 0.725. The van der Waals surface area contributed by atoms with Gasteiger partial charge in [-0.2, -0.15) is 5.10 Å². The van der Waals surface area contributed by atoms with Gasteiger partial charge in [0.1, 0.15) is 11.6 Å². The fraction of sp³-hybridized carbons (Fsp3) is 0.105. The smallest absolute Gasteiger partial charge is 0.153 e. The van der Waals surface area contributed by atoms with Crippen LogP contribution >= 0.6 is 0 Å². The second-order valence-corrected chi connectivity index (χ2v) is 5.75. The van der Waals surface area contributed by atoms with Gasteiger partial charge in [-0.3, -0.25) is 10.1 Å². The van der Waals surface area contributed by atoms with Crippen LogP contribution in [0.4, 0.5) is 11.6 Å². The fourth-order valence-corrected chi connectivity index (χ4v) is 2.75. The van der Waals surface area contributed by atoms with Crippen LogP contribution in [0.2, 0.25) is 0 Å². The Hall–Kier alpha value is -3.41. The van der Waals surface area contributed by atoms with Crippen molar-refractivity contribution in [2.24, 2.45) is 0 Å². The molecular formula is C19H17N5O. The maximum atomic E-state index is 5.37. The van der Waals surface area contributed by atoms with Gasteiger partial charge in [0.2, 0.25) is 0 Å². The molecule has 3 heterocycles. The Kier molecular flexibility index (Phi) is 3.78. The van der Waals surface area contributed by atoms with Crippen molar-refractivity contribution in [2.75, 3.05) is 12.4 Å². The number of benzene rings is 1. The Balaban J connectivity index is 1.88. The number of aryl methyl sites for hydroxylation is 1. The number of nitrogens with one attached hydrogen (secondary N) is 2. The molecule has 0 aliphatic carbocycles. The lowest BCUT2D eigenvalue weighted by molar-refractivity contribution is 0.415. The summed E-state index contributed by atoms with van der Waals surface area (Å²) in [5, 5.41) is 12.5. The molecule has 6 nitrogen and oxygen atoms in total. The molecule has 2 N–H and O–H groups in total. The number of fused-ring (bicyclic) bond motifs is 1. The molecule has 6 heteroatoms. The number of aromatic amines is 1. The predicted octanol–water partition coefficient (Wildman–Crippen LogP) is 4.08. The van der Waals surface area contributed by atoms with Gasteiger partial charge in [-0.05, 0) is 42.6 Å². The molecular weight excluding hydrogens is 314 g/mol. The molecule has 0 amide bonds. The summed E-state index contributed by atoms with van der Waals surface area (Å²) in [6, 6.07) is 13.8. The second-order valence-electron chi connectivity index (χ2n) is 5.75. The Bertz CT molecular complexity index is 1030. The van der Waals surface area contributed by atoms with Gasteiger partial charge in [-0.25, -0.2) is 4.98 Å². The average molecular weight is 331 g/mol. The van der Waals surface area contributed by atoms with E-state index in [1.165, 1.54) is 0 Å². The summed E-state index contributed by atoms with van der Waals surface area (Å²) in [7, 11) is 1.66. The fourth-order valence-electron chi connectivity index (χ4n) is 2.75. The number of aromatic nitrogens is 4. The van der Waals surface area contributed by atoms with Gasteiger partial charge in [-0.15, -0.1) is 0 Å². The van der Waals surface area contributed by atoms with Crippen molar-refractivity contribution in [3.05, 3.63) is 60.6 Å². The number of H-pyrrole nitrogens is 1.